The number of hydrogen-bond acceptors (Lipinski definition) is 3. The topological polar surface area (TPSA) is 50.9 Å². The predicted octanol–water partition coefficient (Wildman–Crippen LogP) is 1.82. The monoisotopic (exact) mass is 231 g/mol. The Kier molecular flexibility index (Phi) is 2.98. The summed E-state index contributed by atoms with van der Waals surface area (Å²) >= 11 is 0. The van der Waals surface area contributed by atoms with Gasteiger partial charge in [0.2, 0.25) is 0 Å². The molecule has 1 unspecified atom stereocenters. The first kappa shape index (κ1) is 11.8. The fourth-order valence-corrected chi connectivity index (χ4v) is 2.32. The van der Waals surface area contributed by atoms with E-state index in [1.807, 2.05) is 13.8 Å². The van der Waals surface area contributed by atoms with E-state index in [0.29, 0.717) is 5.69 Å². The third-order valence-corrected chi connectivity index (χ3v) is 3.04. The Labute approximate surface area is 101 Å². The van der Waals surface area contributed by atoms with Crippen molar-refractivity contribution in [2.24, 2.45) is 7.05 Å². The molecular formula is C13H17N3O. The minimum atomic E-state index is -0.671. The van der Waals surface area contributed by atoms with E-state index in [4.69, 9.17) is 0 Å². The van der Waals surface area contributed by atoms with Crippen LogP contribution in [0.5, 0.6) is 0 Å². The molecule has 1 aromatic carbocycles. The van der Waals surface area contributed by atoms with E-state index in [1.165, 1.54) is 5.56 Å². The fraction of sp³-hybridized carbons (Fsp3) is 0.385. The number of aliphatic hydroxyl groups excluding tert-OH is 1. The normalized spacial score (nSPS) is 12.8. The van der Waals surface area contributed by atoms with Crippen LogP contribution in [0.1, 0.15) is 34.1 Å². The summed E-state index contributed by atoms with van der Waals surface area (Å²) in [6.45, 7) is 6.09. The molecule has 0 saturated carbocycles. The van der Waals surface area contributed by atoms with Gasteiger partial charge >= 0.3 is 0 Å². The van der Waals surface area contributed by atoms with Gasteiger partial charge in [-0.15, -0.1) is 5.10 Å². The van der Waals surface area contributed by atoms with Crippen molar-refractivity contribution in [2.75, 3.05) is 0 Å². The zero-order valence-electron chi connectivity index (χ0n) is 10.6. The maximum atomic E-state index is 10.4. The molecule has 1 atom stereocenters. The molecule has 0 spiro atoms. The summed E-state index contributed by atoms with van der Waals surface area (Å²) < 4.78 is 1.60. The molecule has 1 aromatic heterocycles. The highest BCUT2D eigenvalue weighted by atomic mass is 16.3. The van der Waals surface area contributed by atoms with Gasteiger partial charge in [0.1, 0.15) is 6.10 Å². The van der Waals surface area contributed by atoms with Crippen molar-refractivity contribution >= 4 is 0 Å². The lowest BCUT2D eigenvalue weighted by Gasteiger charge is -2.17. The van der Waals surface area contributed by atoms with E-state index in [1.54, 1.807) is 17.9 Å². The maximum absolute atomic E-state index is 10.4. The molecule has 0 bridgehead atoms. The van der Waals surface area contributed by atoms with Crippen molar-refractivity contribution in [3.63, 3.8) is 0 Å². The standard InChI is InChI=1S/C13H17N3O/c1-8-5-9(2)12(10(3)6-8)13(17)11-7-14-15-16(11)4/h5-7,13,17H,1-4H3. The zero-order chi connectivity index (χ0) is 12.6. The summed E-state index contributed by atoms with van der Waals surface area (Å²) in [5, 5.41) is 18.1. The Morgan fingerprint density at radius 2 is 1.76 bits per heavy atom. The lowest BCUT2D eigenvalue weighted by Crippen LogP contribution is -2.09. The highest BCUT2D eigenvalue weighted by Crippen LogP contribution is 2.27. The minimum absolute atomic E-state index is 0.671. The Morgan fingerprint density at radius 1 is 1.18 bits per heavy atom. The van der Waals surface area contributed by atoms with Crippen LogP contribution in [0.25, 0.3) is 0 Å². The van der Waals surface area contributed by atoms with Crippen LogP contribution in [0.3, 0.4) is 0 Å². The molecule has 0 aliphatic heterocycles. The highest BCUT2D eigenvalue weighted by Gasteiger charge is 2.19. The summed E-state index contributed by atoms with van der Waals surface area (Å²) in [6, 6.07) is 4.16. The van der Waals surface area contributed by atoms with Gasteiger partial charge in [-0.3, -0.25) is 0 Å². The van der Waals surface area contributed by atoms with Gasteiger partial charge in [-0.05, 0) is 37.5 Å². The van der Waals surface area contributed by atoms with Crippen LogP contribution >= 0.6 is 0 Å². The molecular weight excluding hydrogens is 214 g/mol. The smallest absolute Gasteiger partial charge is 0.123 e. The predicted molar refractivity (Wildman–Crippen MR) is 65.7 cm³/mol. The van der Waals surface area contributed by atoms with Crippen molar-refractivity contribution in [1.82, 2.24) is 15.0 Å². The average molecular weight is 231 g/mol. The first-order valence-corrected chi connectivity index (χ1v) is 5.61. The second-order valence-electron chi connectivity index (χ2n) is 4.50. The Hall–Kier alpha value is -1.68. The molecule has 0 saturated heterocycles. The van der Waals surface area contributed by atoms with Crippen LogP contribution in [0.4, 0.5) is 0 Å². The number of rotatable bonds is 2. The molecule has 2 aromatic rings. The quantitative estimate of drug-likeness (QED) is 0.857. The van der Waals surface area contributed by atoms with Gasteiger partial charge in [-0.2, -0.15) is 0 Å². The summed E-state index contributed by atoms with van der Waals surface area (Å²) in [7, 11) is 1.78. The van der Waals surface area contributed by atoms with Gasteiger partial charge in [-0.1, -0.05) is 22.9 Å². The summed E-state index contributed by atoms with van der Waals surface area (Å²) in [4.78, 5) is 0. The molecule has 0 aliphatic rings. The van der Waals surface area contributed by atoms with Gasteiger partial charge in [0, 0.05) is 7.05 Å². The molecule has 90 valence electrons. The average Bonchev–Trinajstić information content (AvgIpc) is 2.62. The number of benzene rings is 1. The van der Waals surface area contributed by atoms with Crippen LogP contribution in [0, 0.1) is 20.8 Å². The molecule has 0 radical (unpaired) electrons. The van der Waals surface area contributed by atoms with Crippen molar-refractivity contribution in [3.8, 4) is 0 Å². The summed E-state index contributed by atoms with van der Waals surface area (Å²) in [5.41, 5.74) is 5.05. The lowest BCUT2D eigenvalue weighted by molar-refractivity contribution is 0.208. The van der Waals surface area contributed by atoms with E-state index in [-0.39, 0.29) is 0 Å². The summed E-state index contributed by atoms with van der Waals surface area (Å²) in [5.74, 6) is 0. The van der Waals surface area contributed by atoms with Gasteiger partial charge in [-0.25, -0.2) is 4.68 Å². The molecule has 4 heteroatoms. The van der Waals surface area contributed by atoms with Crippen molar-refractivity contribution in [2.45, 2.75) is 26.9 Å². The first-order chi connectivity index (χ1) is 8.00. The Bertz CT molecular complexity index is 522. The van der Waals surface area contributed by atoms with Gasteiger partial charge in [0.15, 0.2) is 0 Å². The maximum Gasteiger partial charge on any atom is 0.123 e. The molecule has 17 heavy (non-hydrogen) atoms. The number of aliphatic hydroxyl groups is 1. The number of aryl methyl sites for hydroxylation is 4. The SMILES string of the molecule is Cc1cc(C)c(C(O)c2cnnn2C)c(C)c1. The fourth-order valence-electron chi connectivity index (χ4n) is 2.32. The van der Waals surface area contributed by atoms with Gasteiger partial charge in [0.25, 0.3) is 0 Å². The third-order valence-electron chi connectivity index (χ3n) is 3.04. The zero-order valence-corrected chi connectivity index (χ0v) is 10.6. The molecule has 4 nitrogen and oxygen atoms in total. The van der Waals surface area contributed by atoms with Gasteiger partial charge in [0.05, 0.1) is 11.9 Å². The van der Waals surface area contributed by atoms with E-state index in [2.05, 4.69) is 29.4 Å². The van der Waals surface area contributed by atoms with Crippen LogP contribution < -0.4 is 0 Å². The van der Waals surface area contributed by atoms with Crippen LogP contribution in [-0.4, -0.2) is 20.1 Å². The van der Waals surface area contributed by atoms with Crippen molar-refractivity contribution in [3.05, 3.63) is 46.3 Å². The molecule has 0 fully saturated rings. The first-order valence-electron chi connectivity index (χ1n) is 5.61. The van der Waals surface area contributed by atoms with E-state index in [9.17, 15) is 5.11 Å². The highest BCUT2D eigenvalue weighted by molar-refractivity contribution is 5.41. The minimum Gasteiger partial charge on any atom is -0.382 e. The second-order valence-corrected chi connectivity index (χ2v) is 4.50. The molecule has 1 heterocycles. The Morgan fingerprint density at radius 3 is 2.24 bits per heavy atom. The number of nitrogens with zero attached hydrogens (tertiary/aromatic N) is 3. The Balaban J connectivity index is 2.51. The lowest BCUT2D eigenvalue weighted by atomic mass is 9.94. The van der Waals surface area contributed by atoms with E-state index in [0.717, 1.165) is 16.7 Å². The van der Waals surface area contributed by atoms with Crippen LogP contribution in [0.15, 0.2) is 18.3 Å². The van der Waals surface area contributed by atoms with Crippen molar-refractivity contribution < 1.29 is 5.11 Å². The molecule has 0 aliphatic carbocycles. The van der Waals surface area contributed by atoms with Crippen molar-refractivity contribution in [1.29, 1.82) is 0 Å². The number of hydrogen-bond donors (Lipinski definition) is 1. The molecule has 0 amide bonds. The van der Waals surface area contributed by atoms with E-state index >= 15 is 0 Å². The number of aromatic nitrogens is 3. The summed E-state index contributed by atoms with van der Waals surface area (Å²) in [6.07, 6.45) is 0.930. The molecule has 2 rings (SSSR count). The molecule has 1 N–H and O–H groups in total. The van der Waals surface area contributed by atoms with E-state index < -0.39 is 6.10 Å². The third kappa shape index (κ3) is 2.08. The van der Waals surface area contributed by atoms with Crippen LogP contribution in [0.2, 0.25) is 0 Å². The second kappa shape index (κ2) is 4.30. The van der Waals surface area contributed by atoms with Crippen LogP contribution in [-0.2, 0) is 7.05 Å². The largest absolute Gasteiger partial charge is 0.382 e. The van der Waals surface area contributed by atoms with Gasteiger partial charge < -0.3 is 5.11 Å².